The summed E-state index contributed by atoms with van der Waals surface area (Å²) >= 11 is 0. The van der Waals surface area contributed by atoms with Crippen LogP contribution in [0.15, 0.2) is 71.6 Å². The number of nitrogens with one attached hydrogen (secondary N) is 1. The number of sulfonamides is 1. The number of ether oxygens (including phenoxy) is 2. The molecule has 34 heavy (non-hydrogen) atoms. The van der Waals surface area contributed by atoms with Crippen LogP contribution in [0.4, 0.5) is 10.1 Å². The first kappa shape index (κ1) is 25.0. The lowest BCUT2D eigenvalue weighted by molar-refractivity contribution is -0.119. The second-order valence-electron chi connectivity index (χ2n) is 7.50. The second kappa shape index (κ2) is 11.0. The second-order valence-corrected chi connectivity index (χ2v) is 9.33. The van der Waals surface area contributed by atoms with Gasteiger partial charge in [0.05, 0.1) is 19.4 Å². The van der Waals surface area contributed by atoms with Crippen LogP contribution in [-0.4, -0.2) is 34.6 Å². The van der Waals surface area contributed by atoms with E-state index in [1.807, 2.05) is 6.92 Å². The lowest BCUT2D eigenvalue weighted by Gasteiger charge is -2.25. The van der Waals surface area contributed by atoms with Gasteiger partial charge in [0.15, 0.2) is 0 Å². The van der Waals surface area contributed by atoms with E-state index in [1.165, 1.54) is 25.3 Å². The predicted molar refractivity (Wildman–Crippen MR) is 128 cm³/mol. The topological polar surface area (TPSA) is 84.9 Å². The third-order valence-corrected chi connectivity index (χ3v) is 6.81. The zero-order valence-corrected chi connectivity index (χ0v) is 20.1. The molecule has 0 atom stereocenters. The van der Waals surface area contributed by atoms with Gasteiger partial charge in [0.25, 0.3) is 10.0 Å². The third-order valence-electron chi connectivity index (χ3n) is 5.01. The molecular formula is C25H27FN2O5S. The van der Waals surface area contributed by atoms with Crippen LogP contribution in [0.25, 0.3) is 0 Å². The average molecular weight is 487 g/mol. The molecule has 0 saturated heterocycles. The molecule has 0 fully saturated rings. The molecular weight excluding hydrogens is 459 g/mol. The van der Waals surface area contributed by atoms with E-state index in [2.05, 4.69) is 5.32 Å². The van der Waals surface area contributed by atoms with Crippen LogP contribution in [0.1, 0.15) is 18.1 Å². The molecule has 1 N–H and O–H groups in total. The summed E-state index contributed by atoms with van der Waals surface area (Å²) in [5.41, 5.74) is 1.71. The molecule has 3 rings (SSSR count). The fraction of sp³-hybridized carbons (Fsp3) is 0.240. The van der Waals surface area contributed by atoms with E-state index in [4.69, 9.17) is 9.47 Å². The molecule has 0 aliphatic heterocycles. The minimum atomic E-state index is -4.17. The van der Waals surface area contributed by atoms with Gasteiger partial charge in [0.1, 0.15) is 28.8 Å². The highest BCUT2D eigenvalue weighted by Gasteiger charge is 2.30. The number of carbonyl (C=O) groups is 1. The van der Waals surface area contributed by atoms with Crippen molar-refractivity contribution in [3.8, 4) is 11.5 Å². The average Bonchev–Trinajstić information content (AvgIpc) is 2.83. The standard InChI is InChI=1S/C25H27FN2O5S/c1-4-33-22-12-10-21(11-13-22)28(17-25(29)27-16-19-6-8-20(26)9-7-19)34(30,31)24-15-18(2)5-14-23(24)32-3/h5-15H,4,16-17H2,1-3H3,(H,27,29). The first-order chi connectivity index (χ1) is 16.2. The van der Waals surface area contributed by atoms with Crippen LogP contribution in [0.2, 0.25) is 0 Å². The molecule has 0 radical (unpaired) electrons. The molecule has 0 spiro atoms. The Morgan fingerprint density at radius 2 is 1.71 bits per heavy atom. The minimum Gasteiger partial charge on any atom is -0.495 e. The normalized spacial score (nSPS) is 11.1. The molecule has 0 aliphatic carbocycles. The van der Waals surface area contributed by atoms with Crippen molar-refractivity contribution in [2.45, 2.75) is 25.3 Å². The molecule has 0 aliphatic rings. The summed E-state index contributed by atoms with van der Waals surface area (Å²) in [6.45, 7) is 3.75. The SMILES string of the molecule is CCOc1ccc(N(CC(=O)NCc2ccc(F)cc2)S(=O)(=O)c2cc(C)ccc2OC)cc1. The number of methoxy groups -OCH3 is 1. The molecule has 0 aromatic heterocycles. The molecule has 9 heteroatoms. The fourth-order valence-electron chi connectivity index (χ4n) is 3.28. The van der Waals surface area contributed by atoms with E-state index in [-0.39, 0.29) is 23.0 Å². The van der Waals surface area contributed by atoms with Crippen molar-refractivity contribution < 1.29 is 27.1 Å². The summed E-state index contributed by atoms with van der Waals surface area (Å²) in [6.07, 6.45) is 0. The number of hydrogen-bond acceptors (Lipinski definition) is 5. The highest BCUT2D eigenvalue weighted by Crippen LogP contribution is 2.31. The maximum absolute atomic E-state index is 13.7. The van der Waals surface area contributed by atoms with Crippen LogP contribution < -0.4 is 19.1 Å². The molecule has 0 heterocycles. The van der Waals surface area contributed by atoms with E-state index in [9.17, 15) is 17.6 Å². The molecule has 3 aromatic carbocycles. The molecule has 7 nitrogen and oxygen atoms in total. The highest BCUT2D eigenvalue weighted by molar-refractivity contribution is 7.93. The summed E-state index contributed by atoms with van der Waals surface area (Å²) < 4.78 is 52.3. The monoisotopic (exact) mass is 486 g/mol. The Labute approximate surface area is 199 Å². The molecule has 180 valence electrons. The first-order valence-electron chi connectivity index (χ1n) is 10.7. The molecule has 1 amide bonds. The summed E-state index contributed by atoms with van der Waals surface area (Å²) in [5.74, 6) is -0.144. The maximum Gasteiger partial charge on any atom is 0.268 e. The van der Waals surface area contributed by atoms with Crippen molar-refractivity contribution in [3.63, 3.8) is 0 Å². The van der Waals surface area contributed by atoms with Gasteiger partial charge >= 0.3 is 0 Å². The Morgan fingerprint density at radius 1 is 1.03 bits per heavy atom. The molecule has 0 bridgehead atoms. The van der Waals surface area contributed by atoms with Gasteiger partial charge in [-0.3, -0.25) is 9.10 Å². The quantitative estimate of drug-likeness (QED) is 0.467. The van der Waals surface area contributed by atoms with E-state index >= 15 is 0 Å². The molecule has 3 aromatic rings. The van der Waals surface area contributed by atoms with Gasteiger partial charge in [-0.2, -0.15) is 0 Å². The van der Waals surface area contributed by atoms with Gasteiger partial charge in [0, 0.05) is 6.54 Å². The van der Waals surface area contributed by atoms with E-state index in [1.54, 1.807) is 55.5 Å². The summed E-state index contributed by atoms with van der Waals surface area (Å²) in [5, 5.41) is 2.69. The number of aryl methyl sites for hydroxylation is 1. The smallest absolute Gasteiger partial charge is 0.268 e. The Bertz CT molecular complexity index is 1230. The number of carbonyl (C=O) groups excluding carboxylic acids is 1. The zero-order valence-electron chi connectivity index (χ0n) is 19.2. The Morgan fingerprint density at radius 3 is 2.32 bits per heavy atom. The predicted octanol–water partition coefficient (Wildman–Crippen LogP) is 4.05. The van der Waals surface area contributed by atoms with E-state index < -0.39 is 22.5 Å². The van der Waals surface area contributed by atoms with Crippen LogP contribution in [0, 0.1) is 12.7 Å². The number of halogens is 1. The number of rotatable bonds is 10. The van der Waals surface area contributed by atoms with Crippen molar-refractivity contribution in [1.29, 1.82) is 0 Å². The van der Waals surface area contributed by atoms with Crippen LogP contribution >= 0.6 is 0 Å². The Balaban J connectivity index is 1.92. The molecule has 0 unspecified atom stereocenters. The van der Waals surface area contributed by atoms with Crippen molar-refractivity contribution in [2.75, 3.05) is 24.6 Å². The lowest BCUT2D eigenvalue weighted by atomic mass is 10.2. The third kappa shape index (κ3) is 6.05. The highest BCUT2D eigenvalue weighted by atomic mass is 32.2. The van der Waals surface area contributed by atoms with Gasteiger partial charge in [0.2, 0.25) is 5.91 Å². The Hall–Kier alpha value is -3.59. The van der Waals surface area contributed by atoms with E-state index in [0.717, 1.165) is 9.87 Å². The Kier molecular flexibility index (Phi) is 8.12. The number of nitrogens with zero attached hydrogens (tertiary/aromatic N) is 1. The lowest BCUT2D eigenvalue weighted by Crippen LogP contribution is -2.40. The number of anilines is 1. The fourth-order valence-corrected chi connectivity index (χ4v) is 4.95. The number of amides is 1. The van der Waals surface area contributed by atoms with Crippen molar-refractivity contribution in [1.82, 2.24) is 5.32 Å². The van der Waals surface area contributed by atoms with Gasteiger partial charge in [-0.1, -0.05) is 18.2 Å². The van der Waals surface area contributed by atoms with Gasteiger partial charge in [-0.25, -0.2) is 12.8 Å². The van der Waals surface area contributed by atoms with Crippen molar-refractivity contribution in [3.05, 3.63) is 83.7 Å². The van der Waals surface area contributed by atoms with Gasteiger partial charge < -0.3 is 14.8 Å². The van der Waals surface area contributed by atoms with Gasteiger partial charge in [-0.15, -0.1) is 0 Å². The maximum atomic E-state index is 13.7. The van der Waals surface area contributed by atoms with Crippen molar-refractivity contribution in [2.24, 2.45) is 0 Å². The van der Waals surface area contributed by atoms with Gasteiger partial charge in [-0.05, 0) is 73.5 Å². The van der Waals surface area contributed by atoms with Crippen LogP contribution in [0.5, 0.6) is 11.5 Å². The molecule has 0 saturated carbocycles. The minimum absolute atomic E-state index is 0.0461. The summed E-state index contributed by atoms with van der Waals surface area (Å²) in [4.78, 5) is 12.7. The van der Waals surface area contributed by atoms with Crippen molar-refractivity contribution >= 4 is 21.6 Å². The van der Waals surface area contributed by atoms with Crippen LogP contribution in [0.3, 0.4) is 0 Å². The largest absolute Gasteiger partial charge is 0.495 e. The first-order valence-corrected chi connectivity index (χ1v) is 12.1. The van der Waals surface area contributed by atoms with E-state index in [0.29, 0.717) is 23.6 Å². The number of hydrogen-bond donors (Lipinski definition) is 1. The number of benzene rings is 3. The summed E-state index contributed by atoms with van der Waals surface area (Å²) in [6, 6.07) is 17.0. The van der Waals surface area contributed by atoms with Crippen LogP contribution in [-0.2, 0) is 21.4 Å². The zero-order chi connectivity index (χ0) is 24.7. The summed E-state index contributed by atoms with van der Waals surface area (Å²) in [7, 11) is -2.78.